The summed E-state index contributed by atoms with van der Waals surface area (Å²) in [5, 5.41) is 0.586. The maximum atomic E-state index is 13.9. The number of aryl methyl sites for hydroxylation is 1. The molecule has 2 atom stereocenters. The van der Waals surface area contributed by atoms with Crippen LogP contribution >= 0.6 is 11.3 Å². The molecule has 2 heterocycles. The smallest absolute Gasteiger partial charge is 0.260 e. The molecule has 39 heavy (non-hydrogen) atoms. The molecule has 0 spiro atoms. The number of hydrogen-bond acceptors (Lipinski definition) is 8. The summed E-state index contributed by atoms with van der Waals surface area (Å²) in [5.41, 5.74) is 2.20. The second-order valence-corrected chi connectivity index (χ2v) is 12.8. The number of carbonyl (C=O) groups is 1. The first-order valence-electron chi connectivity index (χ1n) is 13.3. The maximum absolute atomic E-state index is 13.9. The highest BCUT2D eigenvalue weighted by Crippen LogP contribution is 2.37. The Kier molecular flexibility index (Phi) is 9.28. The first-order valence-corrected chi connectivity index (χ1v) is 15.6. The standard InChI is InChI=1S/C28H38N4O5S2/c1-7-30(8-2)15-16-32(28-29-25-24(36-6)14-9-19(3)26(25)38-28)27(33)22-10-12-23(13-11-22)39(34,35)31-17-20(4)37-21(5)18-31/h9-14,20-21H,7-8,15-18H2,1-6H3. The summed E-state index contributed by atoms with van der Waals surface area (Å²) in [5.74, 6) is 0.436. The zero-order chi connectivity index (χ0) is 28.3. The second-order valence-electron chi connectivity index (χ2n) is 9.85. The molecular weight excluding hydrogens is 536 g/mol. The summed E-state index contributed by atoms with van der Waals surface area (Å²) in [6, 6.07) is 10.1. The number of anilines is 1. The van der Waals surface area contributed by atoms with Crippen molar-refractivity contribution in [3.05, 3.63) is 47.5 Å². The Bertz CT molecular complexity index is 1390. The van der Waals surface area contributed by atoms with Crippen molar-refractivity contribution in [1.29, 1.82) is 0 Å². The minimum Gasteiger partial charge on any atom is -0.494 e. The van der Waals surface area contributed by atoms with Crippen LogP contribution in [0.1, 0.15) is 43.6 Å². The van der Waals surface area contributed by atoms with Gasteiger partial charge in [0, 0.05) is 31.7 Å². The molecule has 2 unspecified atom stereocenters. The largest absolute Gasteiger partial charge is 0.494 e. The number of sulfonamides is 1. The zero-order valence-corrected chi connectivity index (χ0v) is 25.1. The van der Waals surface area contributed by atoms with Gasteiger partial charge in [-0.1, -0.05) is 31.3 Å². The molecule has 1 amide bonds. The number of amides is 1. The van der Waals surface area contributed by atoms with Gasteiger partial charge in [0.15, 0.2) is 5.13 Å². The van der Waals surface area contributed by atoms with Gasteiger partial charge in [-0.25, -0.2) is 13.4 Å². The van der Waals surface area contributed by atoms with Gasteiger partial charge in [-0.15, -0.1) is 0 Å². The fourth-order valence-electron chi connectivity index (χ4n) is 4.85. The third kappa shape index (κ3) is 6.28. The molecule has 4 rings (SSSR count). The molecule has 3 aromatic rings. The Morgan fingerprint density at radius 1 is 1.08 bits per heavy atom. The lowest BCUT2D eigenvalue weighted by atomic mass is 10.2. The predicted molar refractivity (Wildman–Crippen MR) is 156 cm³/mol. The summed E-state index contributed by atoms with van der Waals surface area (Å²) >= 11 is 1.46. The van der Waals surface area contributed by atoms with Crippen LogP contribution in [0.5, 0.6) is 5.75 Å². The van der Waals surface area contributed by atoms with Gasteiger partial charge in [0.05, 0.1) is 28.9 Å². The van der Waals surface area contributed by atoms with E-state index in [0.717, 1.165) is 28.9 Å². The van der Waals surface area contributed by atoms with Gasteiger partial charge >= 0.3 is 0 Å². The van der Waals surface area contributed by atoms with Gasteiger partial charge in [0.2, 0.25) is 10.0 Å². The Morgan fingerprint density at radius 2 is 1.72 bits per heavy atom. The number of morpholine rings is 1. The van der Waals surface area contributed by atoms with Crippen molar-refractivity contribution in [1.82, 2.24) is 14.2 Å². The van der Waals surface area contributed by atoms with E-state index in [-0.39, 0.29) is 23.0 Å². The number of ether oxygens (including phenoxy) is 2. The Labute approximate surface area is 235 Å². The van der Waals surface area contributed by atoms with E-state index in [9.17, 15) is 13.2 Å². The number of rotatable bonds is 10. The summed E-state index contributed by atoms with van der Waals surface area (Å²) in [7, 11) is -2.09. The first-order chi connectivity index (χ1) is 18.6. The number of carbonyl (C=O) groups excluding carboxylic acids is 1. The summed E-state index contributed by atoms with van der Waals surface area (Å²) in [4.78, 5) is 22.8. The van der Waals surface area contributed by atoms with Crippen molar-refractivity contribution in [2.24, 2.45) is 0 Å². The number of benzene rings is 2. The van der Waals surface area contributed by atoms with Crippen molar-refractivity contribution < 1.29 is 22.7 Å². The molecule has 0 radical (unpaired) electrons. The lowest BCUT2D eigenvalue weighted by Gasteiger charge is -2.34. The average Bonchev–Trinajstić information content (AvgIpc) is 3.37. The fourth-order valence-corrected chi connectivity index (χ4v) is 7.51. The van der Waals surface area contributed by atoms with Crippen molar-refractivity contribution >= 4 is 42.6 Å². The lowest BCUT2D eigenvalue weighted by molar-refractivity contribution is -0.0440. The van der Waals surface area contributed by atoms with Gasteiger partial charge in [-0.2, -0.15) is 4.31 Å². The Balaban J connectivity index is 1.65. The molecule has 1 saturated heterocycles. The minimum atomic E-state index is -3.70. The fraction of sp³-hybridized carbons (Fsp3) is 0.500. The van der Waals surface area contributed by atoms with Crippen LogP contribution in [0.2, 0.25) is 0 Å². The number of likely N-dealkylation sites (N-methyl/N-ethyl adjacent to an activating group) is 1. The normalized spacial score (nSPS) is 18.5. The molecule has 0 N–H and O–H groups in total. The van der Waals surface area contributed by atoms with Crippen molar-refractivity contribution in [2.45, 2.75) is 51.7 Å². The van der Waals surface area contributed by atoms with Crippen LogP contribution in [0.15, 0.2) is 41.3 Å². The number of methoxy groups -OCH3 is 1. The van der Waals surface area contributed by atoms with Crippen molar-refractivity contribution in [2.75, 3.05) is 51.3 Å². The van der Waals surface area contributed by atoms with Gasteiger partial charge in [-0.3, -0.25) is 9.69 Å². The summed E-state index contributed by atoms with van der Waals surface area (Å²) in [6.45, 7) is 13.4. The number of thiazole rings is 1. The molecule has 1 aliphatic rings. The number of nitrogens with zero attached hydrogens (tertiary/aromatic N) is 4. The average molecular weight is 575 g/mol. The highest BCUT2D eigenvalue weighted by atomic mass is 32.2. The van der Waals surface area contributed by atoms with Gasteiger partial charge in [0.25, 0.3) is 5.91 Å². The van der Waals surface area contributed by atoms with Crippen LogP contribution in [0, 0.1) is 6.92 Å². The molecule has 212 valence electrons. The Morgan fingerprint density at radius 3 is 2.31 bits per heavy atom. The highest BCUT2D eigenvalue weighted by molar-refractivity contribution is 7.89. The number of fused-ring (bicyclic) bond motifs is 1. The SMILES string of the molecule is CCN(CC)CCN(C(=O)c1ccc(S(=O)(=O)N2CC(C)OC(C)C2)cc1)c1nc2c(OC)ccc(C)c2s1. The molecule has 0 bridgehead atoms. The third-order valence-electron chi connectivity index (χ3n) is 7.05. The van der Waals surface area contributed by atoms with E-state index in [1.54, 1.807) is 24.1 Å². The molecule has 1 fully saturated rings. The van der Waals surface area contributed by atoms with E-state index in [0.29, 0.717) is 42.6 Å². The van der Waals surface area contributed by atoms with Crippen molar-refractivity contribution in [3.8, 4) is 5.75 Å². The quantitative estimate of drug-likeness (QED) is 0.354. The van der Waals surface area contributed by atoms with Crippen LogP contribution in [0.25, 0.3) is 10.2 Å². The van der Waals surface area contributed by atoms with Gasteiger partial charge < -0.3 is 14.4 Å². The molecule has 0 aliphatic carbocycles. The second kappa shape index (κ2) is 12.3. The van der Waals surface area contributed by atoms with Crippen LogP contribution < -0.4 is 9.64 Å². The molecule has 9 nitrogen and oxygen atoms in total. The first kappa shape index (κ1) is 29.4. The summed E-state index contributed by atoms with van der Waals surface area (Å²) < 4.78 is 40.2. The van der Waals surface area contributed by atoms with Crippen molar-refractivity contribution in [3.63, 3.8) is 0 Å². The predicted octanol–water partition coefficient (Wildman–Crippen LogP) is 4.40. The minimum absolute atomic E-state index is 0.162. The van der Waals surface area contributed by atoms with E-state index in [4.69, 9.17) is 14.5 Å². The van der Waals surface area contributed by atoms with Gasteiger partial charge in [-0.05, 0) is 69.8 Å². The lowest BCUT2D eigenvalue weighted by Crippen LogP contribution is -2.48. The van der Waals surface area contributed by atoms with E-state index in [2.05, 4.69) is 18.7 Å². The third-order valence-corrected chi connectivity index (χ3v) is 10.1. The molecule has 1 aliphatic heterocycles. The molecule has 11 heteroatoms. The van der Waals surface area contributed by atoms with Crippen LogP contribution in [0.4, 0.5) is 5.13 Å². The molecule has 2 aromatic carbocycles. The Hall–Kier alpha value is -2.57. The maximum Gasteiger partial charge on any atom is 0.260 e. The molecular formula is C28H38N4O5S2. The monoisotopic (exact) mass is 574 g/mol. The van der Waals surface area contributed by atoms with Crippen LogP contribution in [0.3, 0.4) is 0 Å². The van der Waals surface area contributed by atoms with E-state index in [1.807, 2.05) is 32.9 Å². The zero-order valence-electron chi connectivity index (χ0n) is 23.5. The van der Waals surface area contributed by atoms with E-state index >= 15 is 0 Å². The van der Waals surface area contributed by atoms with E-state index < -0.39 is 10.0 Å². The number of aromatic nitrogens is 1. The van der Waals surface area contributed by atoms with Gasteiger partial charge in [0.1, 0.15) is 11.3 Å². The van der Waals surface area contributed by atoms with Crippen LogP contribution in [-0.4, -0.2) is 87.1 Å². The highest BCUT2D eigenvalue weighted by Gasteiger charge is 2.32. The molecule has 1 aromatic heterocycles. The van der Waals surface area contributed by atoms with E-state index in [1.165, 1.54) is 27.8 Å². The topological polar surface area (TPSA) is 92.3 Å². The molecule has 0 saturated carbocycles. The summed E-state index contributed by atoms with van der Waals surface area (Å²) in [6.07, 6.45) is -0.361. The van der Waals surface area contributed by atoms with Crippen LogP contribution in [-0.2, 0) is 14.8 Å². The number of hydrogen-bond donors (Lipinski definition) is 0.